The summed E-state index contributed by atoms with van der Waals surface area (Å²) < 4.78 is 31.2. The van der Waals surface area contributed by atoms with Crippen molar-refractivity contribution < 1.29 is 8.78 Å². The van der Waals surface area contributed by atoms with E-state index in [1.165, 1.54) is 24.1 Å². The van der Waals surface area contributed by atoms with Crippen LogP contribution < -0.4 is 5.32 Å². The van der Waals surface area contributed by atoms with Crippen LogP contribution in [-0.2, 0) is 0 Å². The van der Waals surface area contributed by atoms with Gasteiger partial charge in [0.2, 0.25) is 5.29 Å². The van der Waals surface area contributed by atoms with E-state index in [1.807, 2.05) is 6.07 Å². The molecule has 3 rings (SSSR count). The molecule has 1 heterocycles. The molecule has 0 amide bonds. The minimum absolute atomic E-state index is 0.191. The molecule has 1 aliphatic heterocycles. The van der Waals surface area contributed by atoms with Crippen molar-refractivity contribution in [2.45, 2.75) is 4.90 Å². The van der Waals surface area contributed by atoms with Gasteiger partial charge in [-0.1, -0.05) is 24.3 Å². The second-order valence-electron chi connectivity index (χ2n) is 3.88. The predicted molar refractivity (Wildman–Crippen MR) is 74.6 cm³/mol. The molecule has 1 aliphatic rings. The number of halogens is 3. The van der Waals surface area contributed by atoms with Crippen LogP contribution in [-0.4, -0.2) is 5.29 Å². The Morgan fingerprint density at radius 3 is 2.63 bits per heavy atom. The third-order valence-corrected chi connectivity index (χ3v) is 3.81. The Morgan fingerprint density at radius 1 is 1.05 bits per heavy atom. The van der Waals surface area contributed by atoms with Crippen LogP contribution in [0, 0.1) is 11.6 Å². The number of anilines is 1. The van der Waals surface area contributed by atoms with E-state index in [9.17, 15) is 8.78 Å². The summed E-state index contributed by atoms with van der Waals surface area (Å²) in [4.78, 5) is 0.811. The Balaban J connectivity index is 2.20. The van der Waals surface area contributed by atoms with Gasteiger partial charge in [-0.05, 0) is 23.7 Å². The van der Waals surface area contributed by atoms with Crippen LogP contribution in [0.5, 0.6) is 0 Å². The van der Waals surface area contributed by atoms with Crippen molar-refractivity contribution in [1.82, 2.24) is 0 Å². The van der Waals surface area contributed by atoms with Gasteiger partial charge in [-0.2, -0.15) is 4.40 Å². The molecule has 0 bridgehead atoms. The lowest BCUT2D eigenvalue weighted by atomic mass is 10.0. The van der Waals surface area contributed by atoms with Gasteiger partial charge >= 0.3 is 0 Å². The first-order valence-electron chi connectivity index (χ1n) is 5.42. The number of hydrogen-bond donors (Lipinski definition) is 1. The van der Waals surface area contributed by atoms with Crippen molar-refractivity contribution in [2.75, 3.05) is 5.32 Å². The fraction of sp³-hybridized carbons (Fsp3) is 0. The molecule has 19 heavy (non-hydrogen) atoms. The number of rotatable bonds is 1. The summed E-state index contributed by atoms with van der Waals surface area (Å²) in [6.45, 7) is 0. The topological polar surface area (TPSA) is 24.4 Å². The molecule has 0 saturated heterocycles. The van der Waals surface area contributed by atoms with E-state index in [4.69, 9.17) is 11.6 Å². The lowest BCUT2D eigenvalue weighted by molar-refractivity contribution is 0.511. The maximum absolute atomic E-state index is 13.9. The third-order valence-electron chi connectivity index (χ3n) is 2.72. The third kappa shape index (κ3) is 2.19. The van der Waals surface area contributed by atoms with E-state index in [0.717, 1.165) is 11.0 Å². The summed E-state index contributed by atoms with van der Waals surface area (Å²) in [5.74, 6) is -1.75. The average molecular weight is 297 g/mol. The summed E-state index contributed by atoms with van der Waals surface area (Å²) in [7, 11) is 0. The smallest absolute Gasteiger partial charge is 0.207 e. The van der Waals surface area contributed by atoms with Crippen LogP contribution in [0.15, 0.2) is 45.7 Å². The maximum Gasteiger partial charge on any atom is 0.207 e. The summed E-state index contributed by atoms with van der Waals surface area (Å²) in [5, 5.41) is 3.09. The first-order chi connectivity index (χ1) is 9.16. The van der Waals surface area contributed by atoms with Crippen molar-refractivity contribution in [1.29, 1.82) is 0 Å². The van der Waals surface area contributed by atoms with Gasteiger partial charge in [-0.3, -0.25) is 0 Å². The fourth-order valence-electron chi connectivity index (χ4n) is 1.89. The number of hydrogen-bond acceptors (Lipinski definition) is 3. The van der Waals surface area contributed by atoms with Gasteiger partial charge in [0.25, 0.3) is 0 Å². The van der Waals surface area contributed by atoms with Crippen molar-refractivity contribution in [3.8, 4) is 11.1 Å². The quantitative estimate of drug-likeness (QED) is 0.611. The summed E-state index contributed by atoms with van der Waals surface area (Å²) >= 11 is 7.02. The highest BCUT2D eigenvalue weighted by molar-refractivity contribution is 7.98. The standard InChI is InChI=1S/C13H7ClF2N2S/c14-13-17-12-8(4-2-6-10(12)19-18-13)7-3-1-5-9(15)11(7)16/h1-6H,(H,17,18). The Kier molecular flexibility index (Phi) is 3.16. The minimum atomic E-state index is -0.877. The van der Waals surface area contributed by atoms with Crippen molar-refractivity contribution in [2.24, 2.45) is 4.40 Å². The van der Waals surface area contributed by atoms with Gasteiger partial charge in [-0.25, -0.2) is 8.78 Å². The second kappa shape index (κ2) is 4.83. The maximum atomic E-state index is 13.9. The second-order valence-corrected chi connectivity index (χ2v) is 5.04. The molecule has 6 heteroatoms. The molecule has 0 fully saturated rings. The molecular weight excluding hydrogens is 290 g/mol. The number of benzene rings is 2. The van der Waals surface area contributed by atoms with Crippen LogP contribution in [0.1, 0.15) is 0 Å². The van der Waals surface area contributed by atoms with Crippen molar-refractivity contribution in [3.05, 3.63) is 48.0 Å². The molecule has 0 unspecified atom stereocenters. The number of para-hydroxylation sites is 1. The fourth-order valence-corrected chi connectivity index (χ4v) is 2.70. The van der Waals surface area contributed by atoms with Crippen LogP contribution >= 0.6 is 23.5 Å². The van der Waals surface area contributed by atoms with E-state index >= 15 is 0 Å². The number of amidine groups is 1. The molecule has 96 valence electrons. The average Bonchev–Trinajstić information content (AvgIpc) is 2.41. The number of fused-ring (bicyclic) bond motifs is 1. The molecule has 0 atom stereocenters. The number of nitrogens with zero attached hydrogens (tertiary/aromatic N) is 1. The van der Waals surface area contributed by atoms with Crippen LogP contribution in [0.2, 0.25) is 0 Å². The predicted octanol–water partition coefficient (Wildman–Crippen LogP) is 4.66. The zero-order chi connectivity index (χ0) is 13.4. The molecule has 2 aromatic rings. The lowest BCUT2D eigenvalue weighted by Crippen LogP contribution is -2.09. The van der Waals surface area contributed by atoms with Crippen LogP contribution in [0.25, 0.3) is 11.1 Å². The normalized spacial score (nSPS) is 13.5. The summed E-state index contributed by atoms with van der Waals surface area (Å²) in [6, 6.07) is 9.39. The summed E-state index contributed by atoms with van der Waals surface area (Å²) in [6.07, 6.45) is 0. The monoisotopic (exact) mass is 296 g/mol. The largest absolute Gasteiger partial charge is 0.328 e. The Bertz CT molecular complexity index is 688. The van der Waals surface area contributed by atoms with E-state index in [-0.39, 0.29) is 10.9 Å². The zero-order valence-electron chi connectivity index (χ0n) is 9.45. The number of nitrogens with one attached hydrogen (secondary N) is 1. The van der Waals surface area contributed by atoms with E-state index in [1.54, 1.807) is 12.1 Å². The van der Waals surface area contributed by atoms with Gasteiger partial charge in [-0.15, -0.1) is 0 Å². The highest BCUT2D eigenvalue weighted by Crippen LogP contribution is 2.40. The molecule has 1 N–H and O–H groups in total. The van der Waals surface area contributed by atoms with Gasteiger partial charge < -0.3 is 5.32 Å². The van der Waals surface area contributed by atoms with Gasteiger partial charge in [0.05, 0.1) is 10.6 Å². The van der Waals surface area contributed by atoms with Gasteiger partial charge in [0.1, 0.15) is 0 Å². The SMILES string of the molecule is Fc1cccc(-c2cccc3c2NC(Cl)=NS3)c1F. The molecule has 0 aliphatic carbocycles. The minimum Gasteiger partial charge on any atom is -0.328 e. The highest BCUT2D eigenvalue weighted by Gasteiger charge is 2.19. The molecular formula is C13H7ClF2N2S. The van der Waals surface area contributed by atoms with Gasteiger partial charge in [0, 0.05) is 23.1 Å². The summed E-state index contributed by atoms with van der Waals surface area (Å²) in [5.41, 5.74) is 1.38. The lowest BCUT2D eigenvalue weighted by Gasteiger charge is -2.18. The zero-order valence-corrected chi connectivity index (χ0v) is 11.0. The highest BCUT2D eigenvalue weighted by atomic mass is 35.5. The van der Waals surface area contributed by atoms with Crippen LogP contribution in [0.3, 0.4) is 0 Å². The van der Waals surface area contributed by atoms with E-state index in [2.05, 4.69) is 9.71 Å². The molecule has 0 aromatic heterocycles. The Labute approximate surface area is 117 Å². The van der Waals surface area contributed by atoms with Crippen LogP contribution in [0.4, 0.5) is 14.5 Å². The Morgan fingerprint density at radius 2 is 1.79 bits per heavy atom. The van der Waals surface area contributed by atoms with Crippen molar-refractivity contribution >= 4 is 34.5 Å². The van der Waals surface area contributed by atoms with E-state index in [0.29, 0.717) is 11.3 Å². The first kappa shape index (κ1) is 12.4. The molecule has 2 aromatic carbocycles. The first-order valence-corrected chi connectivity index (χ1v) is 6.57. The molecule has 0 radical (unpaired) electrons. The van der Waals surface area contributed by atoms with Gasteiger partial charge in [0.15, 0.2) is 11.6 Å². The van der Waals surface area contributed by atoms with E-state index < -0.39 is 11.6 Å². The molecule has 0 saturated carbocycles. The molecule has 0 spiro atoms. The van der Waals surface area contributed by atoms with Crippen molar-refractivity contribution in [3.63, 3.8) is 0 Å². The Hall–Kier alpha value is -1.59. The molecule has 2 nitrogen and oxygen atoms in total.